The smallest absolute Gasteiger partial charge is 0.269 e. The van der Waals surface area contributed by atoms with Gasteiger partial charge in [0.15, 0.2) is 0 Å². The molecule has 2 aromatic carbocycles. The molecule has 8 heteroatoms. The van der Waals surface area contributed by atoms with E-state index in [1.807, 2.05) is 31.2 Å². The number of benzene rings is 2. The molecule has 29 heavy (non-hydrogen) atoms. The molecule has 2 amide bonds. The van der Waals surface area contributed by atoms with Gasteiger partial charge in [0, 0.05) is 13.0 Å². The van der Waals surface area contributed by atoms with Crippen molar-refractivity contribution in [1.82, 2.24) is 9.62 Å². The fourth-order valence-electron chi connectivity index (χ4n) is 3.36. The van der Waals surface area contributed by atoms with E-state index in [2.05, 4.69) is 5.32 Å². The zero-order valence-electron chi connectivity index (χ0n) is 16.4. The second-order valence-electron chi connectivity index (χ2n) is 6.78. The highest BCUT2D eigenvalue weighted by atomic mass is 32.2. The molecule has 1 aliphatic heterocycles. The Bertz CT molecular complexity index is 1000. The van der Waals surface area contributed by atoms with Gasteiger partial charge in [0.1, 0.15) is 10.6 Å². The first kappa shape index (κ1) is 20.9. The van der Waals surface area contributed by atoms with Crippen LogP contribution in [0.15, 0.2) is 53.4 Å². The molecule has 0 spiro atoms. The van der Waals surface area contributed by atoms with E-state index < -0.39 is 15.9 Å². The number of hydrogen-bond donors (Lipinski definition) is 1. The molecule has 0 saturated carbocycles. The van der Waals surface area contributed by atoms with Crippen LogP contribution in [0.5, 0.6) is 5.75 Å². The normalized spacial score (nSPS) is 15.7. The Morgan fingerprint density at radius 2 is 1.83 bits per heavy atom. The van der Waals surface area contributed by atoms with Crippen LogP contribution in [0.4, 0.5) is 0 Å². The quantitative estimate of drug-likeness (QED) is 0.714. The molecule has 1 N–H and O–H groups in total. The number of rotatable bonds is 8. The van der Waals surface area contributed by atoms with Crippen molar-refractivity contribution in [3.63, 3.8) is 0 Å². The Labute approximate surface area is 170 Å². The summed E-state index contributed by atoms with van der Waals surface area (Å²) < 4.78 is 31.1. The van der Waals surface area contributed by atoms with Crippen molar-refractivity contribution in [3.8, 4) is 5.75 Å². The Hall–Kier alpha value is -2.87. The van der Waals surface area contributed by atoms with Crippen molar-refractivity contribution in [1.29, 1.82) is 0 Å². The number of sulfonamides is 1. The van der Waals surface area contributed by atoms with E-state index in [-0.39, 0.29) is 41.8 Å². The summed E-state index contributed by atoms with van der Waals surface area (Å²) in [5.41, 5.74) is 1.15. The van der Waals surface area contributed by atoms with Crippen molar-refractivity contribution in [2.75, 3.05) is 13.7 Å². The summed E-state index contributed by atoms with van der Waals surface area (Å²) in [6.45, 7) is 1.95. The van der Waals surface area contributed by atoms with Gasteiger partial charge < -0.3 is 10.1 Å². The van der Waals surface area contributed by atoms with E-state index in [1.54, 1.807) is 19.2 Å². The summed E-state index contributed by atoms with van der Waals surface area (Å²) >= 11 is 0. The first-order valence-electron chi connectivity index (χ1n) is 9.48. The predicted octanol–water partition coefficient (Wildman–Crippen LogP) is 2.89. The second kappa shape index (κ2) is 8.65. The van der Waals surface area contributed by atoms with Crippen LogP contribution in [0.2, 0.25) is 0 Å². The fourth-order valence-corrected chi connectivity index (χ4v) is 4.97. The Kier molecular flexibility index (Phi) is 6.22. The van der Waals surface area contributed by atoms with Crippen molar-refractivity contribution in [2.45, 2.75) is 37.1 Å². The zero-order chi connectivity index (χ0) is 21.0. The minimum absolute atomic E-state index is 0.0252. The fraction of sp³-hybridized carbons (Fsp3) is 0.333. The summed E-state index contributed by atoms with van der Waals surface area (Å²) in [6, 6.07) is 13.5. The van der Waals surface area contributed by atoms with E-state index in [0.717, 1.165) is 15.6 Å². The number of hydrogen-bond acceptors (Lipinski definition) is 5. The number of fused-ring (bicyclic) bond motifs is 1. The van der Waals surface area contributed by atoms with Crippen LogP contribution in [0.3, 0.4) is 0 Å². The minimum atomic E-state index is -3.83. The largest absolute Gasteiger partial charge is 0.497 e. The van der Waals surface area contributed by atoms with Crippen LogP contribution in [0.1, 0.15) is 48.1 Å². The molecular formula is C21H24N2O5S. The molecule has 1 atom stereocenters. The molecule has 0 bridgehead atoms. The van der Waals surface area contributed by atoms with Crippen molar-refractivity contribution >= 4 is 21.8 Å². The van der Waals surface area contributed by atoms with Crippen molar-refractivity contribution in [3.05, 3.63) is 59.7 Å². The summed E-state index contributed by atoms with van der Waals surface area (Å²) in [4.78, 5) is 24.8. The molecule has 0 aliphatic carbocycles. The van der Waals surface area contributed by atoms with Crippen molar-refractivity contribution < 1.29 is 22.7 Å². The average Bonchev–Trinajstić information content (AvgIpc) is 2.93. The maximum Gasteiger partial charge on any atom is 0.269 e. The highest BCUT2D eigenvalue weighted by molar-refractivity contribution is 7.90. The molecule has 0 saturated heterocycles. The van der Waals surface area contributed by atoms with Gasteiger partial charge in [-0.05, 0) is 42.7 Å². The molecule has 1 heterocycles. The van der Waals surface area contributed by atoms with E-state index >= 15 is 0 Å². The lowest BCUT2D eigenvalue weighted by Gasteiger charge is -2.19. The summed E-state index contributed by atoms with van der Waals surface area (Å²) in [7, 11) is -2.24. The lowest BCUT2D eigenvalue weighted by Crippen LogP contribution is -2.33. The molecular weight excluding hydrogens is 392 g/mol. The zero-order valence-corrected chi connectivity index (χ0v) is 17.2. The number of carbonyl (C=O) groups is 2. The van der Waals surface area contributed by atoms with Gasteiger partial charge in [-0.15, -0.1) is 0 Å². The topological polar surface area (TPSA) is 92.8 Å². The Morgan fingerprint density at radius 3 is 2.45 bits per heavy atom. The standard InChI is InChI=1S/C21H24N2O5S/c1-3-18(15-10-12-16(28-2)13-11-15)22-20(24)9-6-14-23-21(25)17-7-4-5-8-19(17)29(23,26)27/h4-5,7-8,10-13,18H,3,6,9,14H2,1-2H3,(H,22,24). The van der Waals surface area contributed by atoms with Crippen molar-refractivity contribution in [2.24, 2.45) is 0 Å². The van der Waals surface area contributed by atoms with Gasteiger partial charge in [-0.25, -0.2) is 12.7 Å². The summed E-state index contributed by atoms with van der Waals surface area (Å²) in [5.74, 6) is 0.0207. The van der Waals surface area contributed by atoms with Crippen LogP contribution in [0.25, 0.3) is 0 Å². The van der Waals surface area contributed by atoms with Gasteiger partial charge in [-0.3, -0.25) is 9.59 Å². The molecule has 1 aliphatic rings. The van der Waals surface area contributed by atoms with Gasteiger partial charge in [-0.2, -0.15) is 0 Å². The monoisotopic (exact) mass is 416 g/mol. The minimum Gasteiger partial charge on any atom is -0.497 e. The molecule has 0 aromatic heterocycles. The van der Waals surface area contributed by atoms with E-state index in [9.17, 15) is 18.0 Å². The lowest BCUT2D eigenvalue weighted by atomic mass is 10.0. The molecule has 0 radical (unpaired) electrons. The van der Waals surface area contributed by atoms with Gasteiger partial charge in [0.2, 0.25) is 5.91 Å². The highest BCUT2D eigenvalue weighted by Crippen LogP contribution is 2.30. The Balaban J connectivity index is 1.56. The third-order valence-electron chi connectivity index (χ3n) is 4.94. The molecule has 1 unspecified atom stereocenters. The van der Waals surface area contributed by atoms with Crippen LogP contribution < -0.4 is 10.1 Å². The van der Waals surface area contributed by atoms with Gasteiger partial charge in [-0.1, -0.05) is 31.2 Å². The number of amides is 2. The second-order valence-corrected chi connectivity index (χ2v) is 8.61. The number of methoxy groups -OCH3 is 1. The maximum atomic E-state index is 12.5. The molecule has 7 nitrogen and oxygen atoms in total. The number of carbonyl (C=O) groups excluding carboxylic acids is 2. The van der Waals surface area contributed by atoms with Gasteiger partial charge in [0.25, 0.3) is 15.9 Å². The van der Waals surface area contributed by atoms with E-state index in [1.165, 1.54) is 12.1 Å². The highest BCUT2D eigenvalue weighted by Gasteiger charge is 2.40. The Morgan fingerprint density at radius 1 is 1.14 bits per heavy atom. The van der Waals surface area contributed by atoms with Crippen LogP contribution >= 0.6 is 0 Å². The van der Waals surface area contributed by atoms with Gasteiger partial charge >= 0.3 is 0 Å². The molecule has 154 valence electrons. The van der Waals surface area contributed by atoms with Crippen LogP contribution in [-0.4, -0.2) is 38.2 Å². The van der Waals surface area contributed by atoms with Crippen LogP contribution in [0, 0.1) is 0 Å². The number of nitrogens with one attached hydrogen (secondary N) is 1. The summed E-state index contributed by atoms with van der Waals surface area (Å²) in [5, 5.41) is 2.96. The molecule has 2 aromatic rings. The molecule has 0 fully saturated rings. The van der Waals surface area contributed by atoms with E-state index in [0.29, 0.717) is 6.42 Å². The molecule has 3 rings (SSSR count). The predicted molar refractivity (Wildman–Crippen MR) is 108 cm³/mol. The van der Waals surface area contributed by atoms with Gasteiger partial charge in [0.05, 0.1) is 18.7 Å². The lowest BCUT2D eigenvalue weighted by molar-refractivity contribution is -0.122. The first-order valence-corrected chi connectivity index (χ1v) is 10.9. The average molecular weight is 416 g/mol. The van der Waals surface area contributed by atoms with E-state index in [4.69, 9.17) is 4.74 Å². The van der Waals surface area contributed by atoms with Crippen LogP contribution in [-0.2, 0) is 14.8 Å². The number of nitrogens with zero attached hydrogens (tertiary/aromatic N) is 1. The first-order chi connectivity index (χ1) is 13.9. The number of ether oxygens (including phenoxy) is 1. The maximum absolute atomic E-state index is 12.5. The third-order valence-corrected chi connectivity index (χ3v) is 6.78. The SMILES string of the molecule is CCC(NC(=O)CCCN1C(=O)c2ccccc2S1(=O)=O)c1ccc(OC)cc1. The third kappa shape index (κ3) is 4.27. The summed E-state index contributed by atoms with van der Waals surface area (Å²) in [6.07, 6.45) is 1.10.